The van der Waals surface area contributed by atoms with Gasteiger partial charge in [0, 0.05) is 12.1 Å². The van der Waals surface area contributed by atoms with Crippen LogP contribution in [-0.2, 0) is 9.59 Å². The van der Waals surface area contributed by atoms with Crippen molar-refractivity contribution >= 4 is 18.0 Å². The van der Waals surface area contributed by atoms with Gasteiger partial charge in [-0.15, -0.1) is 0 Å². The molecule has 2 rings (SSSR count). The number of nitrogens with one attached hydrogen (secondary N) is 1. The van der Waals surface area contributed by atoms with Crippen LogP contribution in [0.4, 0.5) is 0 Å². The van der Waals surface area contributed by atoms with E-state index in [-0.39, 0.29) is 11.9 Å². The summed E-state index contributed by atoms with van der Waals surface area (Å²) in [6, 6.07) is 5.33. The molecule has 0 aromatic heterocycles. The Morgan fingerprint density at radius 1 is 1.24 bits per heavy atom. The molecule has 1 fully saturated rings. The van der Waals surface area contributed by atoms with Crippen molar-refractivity contribution in [3.8, 4) is 11.5 Å². The maximum Gasteiger partial charge on any atom is 0.341 e. The highest BCUT2D eigenvalue weighted by Gasteiger charge is 2.18. The van der Waals surface area contributed by atoms with Crippen LogP contribution in [0.2, 0.25) is 0 Å². The van der Waals surface area contributed by atoms with Crippen LogP contribution >= 0.6 is 0 Å². The van der Waals surface area contributed by atoms with Crippen molar-refractivity contribution in [3.05, 3.63) is 29.8 Å². The number of carboxylic acids is 1. The van der Waals surface area contributed by atoms with Gasteiger partial charge in [0.2, 0.25) is 5.91 Å². The molecule has 0 bridgehead atoms. The van der Waals surface area contributed by atoms with Crippen LogP contribution in [-0.4, -0.2) is 36.7 Å². The SMILES string of the molecule is COc1cc(C=CC(=O)N[C@H]2CC[C@H](C)CC2)ccc1OCC(=O)O. The molecule has 0 atom stereocenters. The minimum absolute atomic E-state index is 0.107. The summed E-state index contributed by atoms with van der Waals surface area (Å²) in [5, 5.41) is 11.7. The summed E-state index contributed by atoms with van der Waals surface area (Å²) >= 11 is 0. The van der Waals surface area contributed by atoms with E-state index in [0.717, 1.165) is 37.2 Å². The van der Waals surface area contributed by atoms with Gasteiger partial charge in [-0.2, -0.15) is 0 Å². The van der Waals surface area contributed by atoms with E-state index in [9.17, 15) is 9.59 Å². The molecule has 1 aromatic rings. The van der Waals surface area contributed by atoms with E-state index >= 15 is 0 Å². The van der Waals surface area contributed by atoms with Crippen molar-refractivity contribution < 1.29 is 24.2 Å². The molecule has 0 spiro atoms. The fraction of sp³-hybridized carbons (Fsp3) is 0.474. The average molecular weight is 347 g/mol. The number of carbonyl (C=O) groups excluding carboxylic acids is 1. The molecule has 2 N–H and O–H groups in total. The summed E-state index contributed by atoms with van der Waals surface area (Å²) in [6.45, 7) is 1.81. The molecule has 1 aromatic carbocycles. The monoisotopic (exact) mass is 347 g/mol. The number of ether oxygens (including phenoxy) is 2. The smallest absolute Gasteiger partial charge is 0.341 e. The Hall–Kier alpha value is -2.50. The number of hydrogen-bond donors (Lipinski definition) is 2. The van der Waals surface area contributed by atoms with E-state index in [2.05, 4.69) is 12.2 Å². The molecular weight excluding hydrogens is 322 g/mol. The maximum atomic E-state index is 12.0. The summed E-state index contributed by atoms with van der Waals surface area (Å²) in [5.41, 5.74) is 0.770. The first-order chi connectivity index (χ1) is 12.0. The van der Waals surface area contributed by atoms with Crippen molar-refractivity contribution in [2.45, 2.75) is 38.6 Å². The largest absolute Gasteiger partial charge is 0.493 e. The average Bonchev–Trinajstić information content (AvgIpc) is 2.60. The number of amides is 1. The van der Waals surface area contributed by atoms with Gasteiger partial charge in [0.05, 0.1) is 7.11 Å². The Morgan fingerprint density at radius 3 is 2.60 bits per heavy atom. The van der Waals surface area contributed by atoms with Crippen LogP contribution in [0.5, 0.6) is 11.5 Å². The van der Waals surface area contributed by atoms with Crippen LogP contribution in [0, 0.1) is 5.92 Å². The highest BCUT2D eigenvalue weighted by atomic mass is 16.5. The fourth-order valence-corrected chi connectivity index (χ4v) is 2.87. The number of rotatable bonds is 7. The summed E-state index contributed by atoms with van der Waals surface area (Å²) < 4.78 is 10.4. The molecule has 0 heterocycles. The van der Waals surface area contributed by atoms with Crippen LogP contribution in [0.15, 0.2) is 24.3 Å². The zero-order valence-electron chi connectivity index (χ0n) is 14.7. The summed E-state index contributed by atoms with van der Waals surface area (Å²) in [6.07, 6.45) is 7.58. The van der Waals surface area contributed by atoms with Crippen molar-refractivity contribution in [2.75, 3.05) is 13.7 Å². The van der Waals surface area contributed by atoms with E-state index in [1.807, 2.05) is 0 Å². The maximum absolute atomic E-state index is 12.0. The fourth-order valence-electron chi connectivity index (χ4n) is 2.87. The number of benzene rings is 1. The third-order valence-electron chi connectivity index (χ3n) is 4.33. The molecule has 1 saturated carbocycles. The van der Waals surface area contributed by atoms with Gasteiger partial charge < -0.3 is 19.9 Å². The highest BCUT2D eigenvalue weighted by molar-refractivity contribution is 5.92. The normalized spacial score (nSPS) is 20.2. The second-order valence-electron chi connectivity index (χ2n) is 6.39. The minimum Gasteiger partial charge on any atom is -0.493 e. The van der Waals surface area contributed by atoms with Gasteiger partial charge in [0.25, 0.3) is 0 Å². The predicted molar refractivity (Wildman–Crippen MR) is 94.7 cm³/mol. The van der Waals surface area contributed by atoms with Crippen LogP contribution in [0.3, 0.4) is 0 Å². The molecule has 0 unspecified atom stereocenters. The quantitative estimate of drug-likeness (QED) is 0.741. The zero-order chi connectivity index (χ0) is 18.2. The van der Waals surface area contributed by atoms with Gasteiger partial charge in [0.1, 0.15) is 0 Å². The number of carboxylic acid groups (broad SMARTS) is 1. The van der Waals surface area contributed by atoms with Gasteiger partial charge in [0.15, 0.2) is 18.1 Å². The van der Waals surface area contributed by atoms with E-state index in [4.69, 9.17) is 14.6 Å². The second-order valence-corrected chi connectivity index (χ2v) is 6.39. The van der Waals surface area contributed by atoms with Crippen LogP contribution < -0.4 is 14.8 Å². The lowest BCUT2D eigenvalue weighted by molar-refractivity contribution is -0.139. The highest BCUT2D eigenvalue weighted by Crippen LogP contribution is 2.28. The predicted octanol–water partition coefficient (Wildman–Crippen LogP) is 2.87. The first kappa shape index (κ1) is 18.8. The Kier molecular flexibility index (Phi) is 6.86. The van der Waals surface area contributed by atoms with E-state index in [1.54, 1.807) is 24.3 Å². The number of carbonyl (C=O) groups is 2. The lowest BCUT2D eigenvalue weighted by atomic mass is 9.87. The number of hydrogen-bond acceptors (Lipinski definition) is 4. The minimum atomic E-state index is -1.06. The zero-order valence-corrected chi connectivity index (χ0v) is 14.7. The molecule has 0 saturated heterocycles. The molecule has 6 nitrogen and oxygen atoms in total. The molecule has 6 heteroatoms. The number of methoxy groups -OCH3 is 1. The second kappa shape index (κ2) is 9.11. The van der Waals surface area contributed by atoms with E-state index in [1.165, 1.54) is 13.2 Å². The Labute approximate surface area is 147 Å². The van der Waals surface area contributed by atoms with E-state index in [0.29, 0.717) is 11.5 Å². The third-order valence-corrected chi connectivity index (χ3v) is 4.33. The van der Waals surface area contributed by atoms with Crippen LogP contribution in [0.1, 0.15) is 38.2 Å². The standard InChI is InChI=1S/C19H25NO5/c1-13-3-7-15(8-4-13)20-18(21)10-6-14-5-9-16(17(11-14)24-2)25-12-19(22)23/h5-6,9-11,13,15H,3-4,7-8,12H2,1-2H3,(H,20,21)(H,22,23)/t13-,15-. The summed E-state index contributed by atoms with van der Waals surface area (Å²) in [5.74, 6) is 0.357. The molecule has 1 aliphatic carbocycles. The Balaban J connectivity index is 1.93. The third kappa shape index (κ3) is 6.14. The van der Waals surface area contributed by atoms with Crippen molar-refractivity contribution in [1.29, 1.82) is 0 Å². The first-order valence-electron chi connectivity index (χ1n) is 8.49. The molecule has 0 radical (unpaired) electrons. The molecule has 0 aliphatic heterocycles. The Bertz CT molecular complexity index is 633. The molecule has 1 amide bonds. The van der Waals surface area contributed by atoms with Crippen molar-refractivity contribution in [2.24, 2.45) is 5.92 Å². The van der Waals surface area contributed by atoms with Gasteiger partial charge in [-0.1, -0.05) is 13.0 Å². The number of aliphatic carboxylic acids is 1. The lowest BCUT2D eigenvalue weighted by Crippen LogP contribution is -2.36. The van der Waals surface area contributed by atoms with Crippen molar-refractivity contribution in [1.82, 2.24) is 5.32 Å². The molecular formula is C19H25NO5. The first-order valence-corrected chi connectivity index (χ1v) is 8.49. The summed E-state index contributed by atoms with van der Waals surface area (Å²) in [4.78, 5) is 22.6. The van der Waals surface area contributed by atoms with Gasteiger partial charge in [-0.3, -0.25) is 4.79 Å². The van der Waals surface area contributed by atoms with Crippen molar-refractivity contribution in [3.63, 3.8) is 0 Å². The van der Waals surface area contributed by atoms with Gasteiger partial charge >= 0.3 is 5.97 Å². The van der Waals surface area contributed by atoms with Gasteiger partial charge in [-0.25, -0.2) is 4.79 Å². The Morgan fingerprint density at radius 2 is 1.96 bits per heavy atom. The lowest BCUT2D eigenvalue weighted by Gasteiger charge is -2.26. The molecule has 1 aliphatic rings. The van der Waals surface area contributed by atoms with Crippen LogP contribution in [0.25, 0.3) is 6.08 Å². The molecule has 25 heavy (non-hydrogen) atoms. The topological polar surface area (TPSA) is 84.9 Å². The molecule has 136 valence electrons. The van der Waals surface area contributed by atoms with Gasteiger partial charge in [-0.05, 0) is 55.4 Å². The van der Waals surface area contributed by atoms with E-state index < -0.39 is 12.6 Å². The summed E-state index contributed by atoms with van der Waals surface area (Å²) in [7, 11) is 1.48.